The number of H-pyrrole nitrogens is 2. The molecule has 0 atom stereocenters. The Morgan fingerprint density at radius 2 is 1.75 bits per heavy atom. The number of hydrogen-bond acceptors (Lipinski definition) is 5. The van der Waals surface area contributed by atoms with Gasteiger partial charge < -0.3 is 9.47 Å². The standard InChI is InChI=1S/C17H16N4O3/c1-23-12-7-5-6-11(10-12)15-16(17(22)21-19-15)20-18-13-8-3-4-9-14(13)24-2/h3-10H,1-2H3,(H2,19,21,22). The molecule has 0 bridgehead atoms. The van der Waals surface area contributed by atoms with Gasteiger partial charge in [0, 0.05) is 5.56 Å². The molecule has 7 heteroatoms. The number of aromatic amines is 2. The molecular weight excluding hydrogens is 308 g/mol. The molecule has 2 N–H and O–H groups in total. The molecule has 0 spiro atoms. The van der Waals surface area contributed by atoms with Crippen LogP contribution in [0.5, 0.6) is 11.5 Å². The number of aromatic nitrogens is 2. The molecule has 0 unspecified atom stereocenters. The highest BCUT2D eigenvalue weighted by Crippen LogP contribution is 2.31. The first-order valence-corrected chi connectivity index (χ1v) is 7.22. The highest BCUT2D eigenvalue weighted by molar-refractivity contribution is 5.72. The summed E-state index contributed by atoms with van der Waals surface area (Å²) < 4.78 is 10.4. The van der Waals surface area contributed by atoms with E-state index >= 15 is 0 Å². The van der Waals surface area contributed by atoms with Crippen molar-refractivity contribution in [2.24, 2.45) is 10.2 Å². The Hall–Kier alpha value is -3.35. The van der Waals surface area contributed by atoms with Gasteiger partial charge in [0.2, 0.25) is 0 Å². The molecule has 3 rings (SSSR count). The van der Waals surface area contributed by atoms with Gasteiger partial charge in [-0.3, -0.25) is 15.0 Å². The van der Waals surface area contributed by atoms with Gasteiger partial charge in [0.25, 0.3) is 5.56 Å². The molecule has 3 aromatic rings. The van der Waals surface area contributed by atoms with Crippen LogP contribution in [0.2, 0.25) is 0 Å². The van der Waals surface area contributed by atoms with Crippen LogP contribution in [-0.2, 0) is 0 Å². The molecular formula is C17H16N4O3. The molecule has 0 fully saturated rings. The fourth-order valence-electron chi connectivity index (χ4n) is 2.25. The molecule has 0 aliphatic carbocycles. The summed E-state index contributed by atoms with van der Waals surface area (Å²) in [6.45, 7) is 0. The van der Waals surface area contributed by atoms with E-state index in [2.05, 4.69) is 20.4 Å². The van der Waals surface area contributed by atoms with Crippen LogP contribution in [-0.4, -0.2) is 24.4 Å². The van der Waals surface area contributed by atoms with Crippen molar-refractivity contribution in [2.45, 2.75) is 0 Å². The molecule has 24 heavy (non-hydrogen) atoms. The van der Waals surface area contributed by atoms with Crippen molar-refractivity contribution in [3.05, 3.63) is 58.9 Å². The van der Waals surface area contributed by atoms with Crippen LogP contribution in [0.3, 0.4) is 0 Å². The monoisotopic (exact) mass is 324 g/mol. The lowest BCUT2D eigenvalue weighted by Gasteiger charge is -2.03. The van der Waals surface area contributed by atoms with E-state index in [0.717, 1.165) is 5.56 Å². The Labute approximate surface area is 138 Å². The SMILES string of the molecule is COc1cccc(-c2[nH][nH]c(=O)c2N=Nc2ccccc2OC)c1. The summed E-state index contributed by atoms with van der Waals surface area (Å²) in [4.78, 5) is 12.0. The third-order valence-electron chi connectivity index (χ3n) is 3.45. The minimum Gasteiger partial charge on any atom is -0.497 e. The third-order valence-corrected chi connectivity index (χ3v) is 3.45. The lowest BCUT2D eigenvalue weighted by atomic mass is 10.1. The molecule has 1 aromatic heterocycles. The van der Waals surface area contributed by atoms with Gasteiger partial charge in [-0.25, -0.2) is 0 Å². The molecule has 0 saturated heterocycles. The average molecular weight is 324 g/mol. The number of nitrogens with zero attached hydrogens (tertiary/aromatic N) is 2. The Morgan fingerprint density at radius 3 is 2.54 bits per heavy atom. The van der Waals surface area contributed by atoms with Crippen LogP contribution in [0.25, 0.3) is 11.3 Å². The van der Waals surface area contributed by atoms with Crippen molar-refractivity contribution in [1.82, 2.24) is 10.2 Å². The predicted molar refractivity (Wildman–Crippen MR) is 90.6 cm³/mol. The minimum atomic E-state index is -0.355. The summed E-state index contributed by atoms with van der Waals surface area (Å²) in [6.07, 6.45) is 0. The van der Waals surface area contributed by atoms with Gasteiger partial charge in [0.05, 0.1) is 19.9 Å². The summed E-state index contributed by atoms with van der Waals surface area (Å²) in [5.41, 5.74) is 1.68. The van der Waals surface area contributed by atoms with E-state index in [9.17, 15) is 4.79 Å². The van der Waals surface area contributed by atoms with Crippen molar-refractivity contribution >= 4 is 11.4 Å². The van der Waals surface area contributed by atoms with E-state index in [1.165, 1.54) is 0 Å². The van der Waals surface area contributed by atoms with E-state index in [0.29, 0.717) is 22.9 Å². The zero-order chi connectivity index (χ0) is 16.9. The number of methoxy groups -OCH3 is 2. The third kappa shape index (κ3) is 3.05. The Bertz CT molecular complexity index is 927. The molecule has 122 valence electrons. The zero-order valence-electron chi connectivity index (χ0n) is 13.2. The van der Waals surface area contributed by atoms with Gasteiger partial charge in [-0.1, -0.05) is 24.3 Å². The van der Waals surface area contributed by atoms with E-state index in [-0.39, 0.29) is 11.2 Å². The zero-order valence-corrected chi connectivity index (χ0v) is 13.2. The van der Waals surface area contributed by atoms with E-state index in [1.54, 1.807) is 32.4 Å². The fourth-order valence-corrected chi connectivity index (χ4v) is 2.25. The second-order valence-electron chi connectivity index (χ2n) is 4.91. The number of benzene rings is 2. The molecule has 0 radical (unpaired) electrons. The van der Waals surface area contributed by atoms with E-state index in [4.69, 9.17) is 9.47 Å². The number of ether oxygens (including phenoxy) is 2. The number of nitrogens with one attached hydrogen (secondary N) is 2. The van der Waals surface area contributed by atoms with Gasteiger partial charge in [0.15, 0.2) is 5.69 Å². The van der Waals surface area contributed by atoms with Crippen molar-refractivity contribution in [3.8, 4) is 22.8 Å². The molecule has 2 aromatic carbocycles. The second kappa shape index (κ2) is 6.82. The summed E-state index contributed by atoms with van der Waals surface area (Å²) in [6, 6.07) is 14.5. The van der Waals surface area contributed by atoms with Gasteiger partial charge in [-0.15, -0.1) is 10.2 Å². The molecule has 0 aliphatic rings. The lowest BCUT2D eigenvalue weighted by molar-refractivity contribution is 0.415. The summed E-state index contributed by atoms with van der Waals surface area (Å²) in [5, 5.41) is 13.6. The van der Waals surface area contributed by atoms with Crippen LogP contribution in [0.1, 0.15) is 0 Å². The van der Waals surface area contributed by atoms with Crippen molar-refractivity contribution in [2.75, 3.05) is 14.2 Å². The van der Waals surface area contributed by atoms with Gasteiger partial charge in [0.1, 0.15) is 17.2 Å². The maximum absolute atomic E-state index is 12.0. The topological polar surface area (TPSA) is 91.8 Å². The molecule has 0 amide bonds. The molecule has 1 heterocycles. The number of rotatable bonds is 5. The fraction of sp³-hybridized carbons (Fsp3) is 0.118. The number of para-hydroxylation sites is 1. The number of hydrogen-bond donors (Lipinski definition) is 2. The average Bonchev–Trinajstić information content (AvgIpc) is 3.00. The highest BCUT2D eigenvalue weighted by atomic mass is 16.5. The second-order valence-corrected chi connectivity index (χ2v) is 4.91. The Balaban J connectivity index is 2.02. The van der Waals surface area contributed by atoms with Crippen LogP contribution in [0.15, 0.2) is 63.6 Å². The quantitative estimate of drug-likeness (QED) is 0.699. The Kier molecular flexibility index (Phi) is 4.42. The molecule has 0 saturated carbocycles. The summed E-state index contributed by atoms with van der Waals surface area (Å²) in [7, 11) is 3.14. The van der Waals surface area contributed by atoms with Gasteiger partial charge >= 0.3 is 0 Å². The van der Waals surface area contributed by atoms with Crippen molar-refractivity contribution < 1.29 is 9.47 Å². The van der Waals surface area contributed by atoms with Crippen LogP contribution in [0.4, 0.5) is 11.4 Å². The van der Waals surface area contributed by atoms with Crippen molar-refractivity contribution in [1.29, 1.82) is 0 Å². The van der Waals surface area contributed by atoms with Gasteiger partial charge in [-0.2, -0.15) is 0 Å². The molecule has 0 aliphatic heterocycles. The Morgan fingerprint density at radius 1 is 0.917 bits per heavy atom. The van der Waals surface area contributed by atoms with Crippen LogP contribution in [0, 0.1) is 0 Å². The first kappa shape index (κ1) is 15.5. The molecule has 7 nitrogen and oxygen atoms in total. The summed E-state index contributed by atoms with van der Waals surface area (Å²) >= 11 is 0. The lowest BCUT2D eigenvalue weighted by Crippen LogP contribution is -1.96. The maximum atomic E-state index is 12.0. The minimum absolute atomic E-state index is 0.189. The maximum Gasteiger partial charge on any atom is 0.292 e. The van der Waals surface area contributed by atoms with Crippen LogP contribution >= 0.6 is 0 Å². The first-order chi connectivity index (χ1) is 11.7. The van der Waals surface area contributed by atoms with E-state index in [1.807, 2.05) is 30.3 Å². The largest absolute Gasteiger partial charge is 0.497 e. The number of azo groups is 1. The van der Waals surface area contributed by atoms with E-state index < -0.39 is 0 Å². The predicted octanol–water partition coefficient (Wildman–Crippen LogP) is 3.80. The highest BCUT2D eigenvalue weighted by Gasteiger charge is 2.12. The summed E-state index contributed by atoms with van der Waals surface area (Å²) in [5.74, 6) is 1.26. The van der Waals surface area contributed by atoms with Gasteiger partial charge in [-0.05, 0) is 24.3 Å². The van der Waals surface area contributed by atoms with Crippen molar-refractivity contribution in [3.63, 3.8) is 0 Å². The normalized spacial score (nSPS) is 10.9. The first-order valence-electron chi connectivity index (χ1n) is 7.22. The van der Waals surface area contributed by atoms with Crippen LogP contribution < -0.4 is 15.0 Å². The smallest absolute Gasteiger partial charge is 0.292 e.